The molecule has 3 heteroatoms. The van der Waals surface area contributed by atoms with Crippen LogP contribution in [-0.2, 0) is 0 Å². The van der Waals surface area contributed by atoms with Crippen molar-refractivity contribution in [3.8, 4) is 0 Å². The number of rotatable bonds is 4. The molecule has 1 unspecified atom stereocenters. The van der Waals surface area contributed by atoms with Gasteiger partial charge in [0.25, 0.3) is 0 Å². The third-order valence-corrected chi connectivity index (χ3v) is 1.12. The molecule has 0 aliphatic heterocycles. The van der Waals surface area contributed by atoms with Crippen LogP contribution in [0.25, 0.3) is 0 Å². The Hall–Kier alpha value is 0.180. The van der Waals surface area contributed by atoms with Gasteiger partial charge in [0, 0.05) is 6.54 Å². The van der Waals surface area contributed by atoms with Crippen LogP contribution in [0.3, 0.4) is 0 Å². The Morgan fingerprint density at radius 2 is 2.38 bits per heavy atom. The van der Waals surface area contributed by atoms with Gasteiger partial charge in [-0.15, -0.1) is 11.6 Å². The Labute approximate surface area is 54.2 Å². The van der Waals surface area contributed by atoms with Crippen LogP contribution in [0.5, 0.6) is 0 Å². The van der Waals surface area contributed by atoms with Crippen LogP contribution in [0.1, 0.15) is 6.92 Å². The second-order valence-corrected chi connectivity index (χ2v) is 1.87. The van der Waals surface area contributed by atoms with Gasteiger partial charge in [0.15, 0.2) is 0 Å². The molecule has 0 amide bonds. The van der Waals surface area contributed by atoms with E-state index in [1.54, 1.807) is 0 Å². The first-order chi connectivity index (χ1) is 3.81. The molecule has 8 heavy (non-hydrogen) atoms. The SMILES string of the molecule is CCNCC(F)CCl. The summed E-state index contributed by atoms with van der Waals surface area (Å²) in [5, 5.41) is 2.84. The van der Waals surface area contributed by atoms with Crippen LogP contribution in [0.2, 0.25) is 0 Å². The van der Waals surface area contributed by atoms with Gasteiger partial charge in [0.1, 0.15) is 6.17 Å². The lowest BCUT2D eigenvalue weighted by atomic mass is 10.4. The molecule has 0 saturated carbocycles. The molecule has 1 N–H and O–H groups in total. The van der Waals surface area contributed by atoms with E-state index in [1.165, 1.54) is 0 Å². The molecule has 0 aliphatic rings. The van der Waals surface area contributed by atoms with E-state index in [4.69, 9.17) is 11.6 Å². The minimum atomic E-state index is -0.892. The topological polar surface area (TPSA) is 12.0 Å². The van der Waals surface area contributed by atoms with E-state index in [-0.39, 0.29) is 5.88 Å². The van der Waals surface area contributed by atoms with Crippen molar-refractivity contribution in [2.24, 2.45) is 0 Å². The second-order valence-electron chi connectivity index (χ2n) is 1.56. The summed E-state index contributed by atoms with van der Waals surface area (Å²) in [5.74, 6) is 0.0903. The highest BCUT2D eigenvalue weighted by Crippen LogP contribution is 1.90. The zero-order valence-corrected chi connectivity index (χ0v) is 5.71. The molecule has 0 fully saturated rings. The Kier molecular flexibility index (Phi) is 5.44. The molecule has 1 nitrogen and oxygen atoms in total. The zero-order valence-electron chi connectivity index (χ0n) is 4.95. The Morgan fingerprint density at radius 1 is 1.75 bits per heavy atom. The highest BCUT2D eigenvalue weighted by atomic mass is 35.5. The van der Waals surface area contributed by atoms with Gasteiger partial charge in [-0.3, -0.25) is 0 Å². The van der Waals surface area contributed by atoms with Crippen molar-refractivity contribution >= 4 is 11.6 Å². The molecule has 0 aromatic heterocycles. The third kappa shape index (κ3) is 4.34. The van der Waals surface area contributed by atoms with Gasteiger partial charge in [0.05, 0.1) is 5.88 Å². The van der Waals surface area contributed by atoms with Gasteiger partial charge in [-0.25, -0.2) is 4.39 Å². The van der Waals surface area contributed by atoms with Crippen molar-refractivity contribution in [2.75, 3.05) is 19.0 Å². The summed E-state index contributed by atoms with van der Waals surface area (Å²) in [6.07, 6.45) is -0.892. The summed E-state index contributed by atoms with van der Waals surface area (Å²) in [4.78, 5) is 0. The van der Waals surface area contributed by atoms with Crippen LogP contribution < -0.4 is 5.32 Å². The summed E-state index contributed by atoms with van der Waals surface area (Å²) < 4.78 is 12.1. The van der Waals surface area contributed by atoms with Crippen molar-refractivity contribution in [2.45, 2.75) is 13.1 Å². The Bertz CT molecular complexity index is 51.7. The first-order valence-corrected chi connectivity index (χ1v) is 3.25. The fraction of sp³-hybridized carbons (Fsp3) is 1.00. The summed E-state index contributed by atoms with van der Waals surface area (Å²) in [6, 6.07) is 0. The molecule has 0 saturated heterocycles. The molecule has 0 aromatic carbocycles. The molecular weight excluding hydrogens is 129 g/mol. The minimum Gasteiger partial charge on any atom is -0.314 e. The number of halogens is 2. The number of hydrogen-bond acceptors (Lipinski definition) is 1. The van der Waals surface area contributed by atoms with Crippen molar-refractivity contribution < 1.29 is 4.39 Å². The van der Waals surface area contributed by atoms with Crippen LogP contribution in [0, 0.1) is 0 Å². The number of nitrogens with one attached hydrogen (secondary N) is 1. The fourth-order valence-electron chi connectivity index (χ4n) is 0.356. The lowest BCUT2D eigenvalue weighted by molar-refractivity contribution is 0.351. The molecule has 0 aromatic rings. The number of hydrogen-bond donors (Lipinski definition) is 1. The fourth-order valence-corrected chi connectivity index (χ4v) is 0.465. The van der Waals surface area contributed by atoms with Crippen molar-refractivity contribution in [3.05, 3.63) is 0 Å². The monoisotopic (exact) mass is 139 g/mol. The molecule has 0 heterocycles. The van der Waals surface area contributed by atoms with Gasteiger partial charge < -0.3 is 5.32 Å². The van der Waals surface area contributed by atoms with E-state index in [2.05, 4.69) is 5.32 Å². The normalized spacial score (nSPS) is 13.9. The highest BCUT2D eigenvalue weighted by molar-refractivity contribution is 6.18. The van der Waals surface area contributed by atoms with Gasteiger partial charge >= 0.3 is 0 Å². The maximum absolute atomic E-state index is 12.1. The Balaban J connectivity index is 2.86. The molecule has 0 rings (SSSR count). The summed E-state index contributed by atoms with van der Waals surface area (Å²) >= 11 is 5.17. The maximum atomic E-state index is 12.1. The van der Waals surface area contributed by atoms with E-state index in [0.29, 0.717) is 6.54 Å². The van der Waals surface area contributed by atoms with Crippen LogP contribution in [0.15, 0.2) is 0 Å². The zero-order chi connectivity index (χ0) is 6.41. The van der Waals surface area contributed by atoms with Crippen molar-refractivity contribution in [3.63, 3.8) is 0 Å². The first-order valence-electron chi connectivity index (χ1n) is 2.72. The van der Waals surface area contributed by atoms with Crippen LogP contribution in [0.4, 0.5) is 4.39 Å². The van der Waals surface area contributed by atoms with Crippen molar-refractivity contribution in [1.82, 2.24) is 5.32 Å². The highest BCUT2D eigenvalue weighted by Gasteiger charge is 2.00. The van der Waals surface area contributed by atoms with Crippen LogP contribution >= 0.6 is 11.6 Å². The first kappa shape index (κ1) is 8.18. The second kappa shape index (κ2) is 5.32. The molecular formula is C5H11ClFN. The van der Waals surface area contributed by atoms with E-state index in [0.717, 1.165) is 6.54 Å². The average Bonchev–Trinajstić information content (AvgIpc) is 1.83. The van der Waals surface area contributed by atoms with E-state index in [1.807, 2.05) is 6.92 Å². The third-order valence-electron chi connectivity index (χ3n) is 0.783. The van der Waals surface area contributed by atoms with Gasteiger partial charge in [-0.2, -0.15) is 0 Å². The van der Waals surface area contributed by atoms with E-state index < -0.39 is 6.17 Å². The van der Waals surface area contributed by atoms with Crippen LogP contribution in [-0.4, -0.2) is 25.1 Å². The summed E-state index contributed by atoms with van der Waals surface area (Å²) in [5.41, 5.74) is 0. The largest absolute Gasteiger partial charge is 0.314 e. The van der Waals surface area contributed by atoms with Crippen molar-refractivity contribution in [1.29, 1.82) is 0 Å². The molecule has 0 spiro atoms. The summed E-state index contributed by atoms with van der Waals surface area (Å²) in [6.45, 7) is 3.11. The lowest BCUT2D eigenvalue weighted by Crippen LogP contribution is -2.24. The maximum Gasteiger partial charge on any atom is 0.126 e. The summed E-state index contributed by atoms with van der Waals surface area (Å²) in [7, 11) is 0. The minimum absolute atomic E-state index is 0.0903. The molecule has 50 valence electrons. The molecule has 1 atom stereocenters. The lowest BCUT2D eigenvalue weighted by Gasteiger charge is -2.01. The molecule has 0 aliphatic carbocycles. The molecule has 0 bridgehead atoms. The van der Waals surface area contributed by atoms with E-state index >= 15 is 0 Å². The van der Waals surface area contributed by atoms with Gasteiger partial charge in [-0.05, 0) is 6.54 Å². The van der Waals surface area contributed by atoms with E-state index in [9.17, 15) is 4.39 Å². The van der Waals surface area contributed by atoms with Gasteiger partial charge in [0.2, 0.25) is 0 Å². The standard InChI is InChI=1S/C5H11ClFN/c1-2-8-4-5(7)3-6/h5,8H,2-4H2,1H3. The smallest absolute Gasteiger partial charge is 0.126 e. The average molecular weight is 140 g/mol. The predicted octanol–water partition coefficient (Wildman–Crippen LogP) is 1.17. The molecule has 0 radical (unpaired) electrons. The predicted molar refractivity (Wildman–Crippen MR) is 34.2 cm³/mol. The van der Waals surface area contributed by atoms with Gasteiger partial charge in [-0.1, -0.05) is 6.92 Å². The number of alkyl halides is 2. The Morgan fingerprint density at radius 3 is 2.75 bits per heavy atom. The quantitative estimate of drug-likeness (QED) is 0.577.